The largest absolute Gasteiger partial charge is 0.389 e. The maximum absolute atomic E-state index is 5.97. The Balaban J connectivity index is 1.74. The molecule has 2 unspecified atom stereocenters. The predicted octanol–water partition coefficient (Wildman–Crippen LogP) is 1.96. The van der Waals surface area contributed by atoms with E-state index < -0.39 is 0 Å². The van der Waals surface area contributed by atoms with Crippen LogP contribution in [0.2, 0.25) is 0 Å². The molecule has 0 spiro atoms. The van der Waals surface area contributed by atoms with Gasteiger partial charge in [0, 0.05) is 18.8 Å². The summed E-state index contributed by atoms with van der Waals surface area (Å²) in [4.78, 5) is 7.76. The highest BCUT2D eigenvalue weighted by atomic mass is 32.1. The van der Waals surface area contributed by atoms with E-state index in [9.17, 15) is 0 Å². The van der Waals surface area contributed by atoms with Gasteiger partial charge in [0.15, 0.2) is 0 Å². The molecular formula is C16H21N3OS. The first kappa shape index (κ1) is 13.5. The number of ether oxygens (including phenoxy) is 1. The Morgan fingerprint density at radius 1 is 1.24 bits per heavy atom. The van der Waals surface area contributed by atoms with E-state index in [-0.39, 0.29) is 0 Å². The minimum atomic E-state index is 0.348. The molecule has 0 aromatic carbocycles. The van der Waals surface area contributed by atoms with Gasteiger partial charge in [-0.05, 0) is 50.2 Å². The van der Waals surface area contributed by atoms with Gasteiger partial charge in [-0.2, -0.15) is 0 Å². The van der Waals surface area contributed by atoms with Gasteiger partial charge in [0.1, 0.15) is 10.8 Å². The van der Waals surface area contributed by atoms with Gasteiger partial charge < -0.3 is 15.4 Å². The van der Waals surface area contributed by atoms with Crippen LogP contribution in [0.3, 0.4) is 0 Å². The number of nitrogens with zero attached hydrogens (tertiary/aromatic N) is 2. The fraction of sp³-hybridized carbons (Fsp3) is 0.625. The van der Waals surface area contributed by atoms with Crippen molar-refractivity contribution in [2.24, 2.45) is 5.73 Å². The minimum Gasteiger partial charge on any atom is -0.389 e. The number of anilines is 1. The molecule has 2 bridgehead atoms. The van der Waals surface area contributed by atoms with Gasteiger partial charge in [-0.1, -0.05) is 12.2 Å². The summed E-state index contributed by atoms with van der Waals surface area (Å²) in [6.07, 6.45) is 7.68. The number of thiocarbonyl (C=S) groups is 1. The number of morpholine rings is 1. The van der Waals surface area contributed by atoms with Crippen LogP contribution in [-0.4, -0.2) is 35.3 Å². The smallest absolute Gasteiger partial charge is 0.139 e. The standard InChI is InChI=1S/C16H21N3OS/c17-15(21)13-7-10-3-1-2-4-14(10)18-16(13)19-8-11-5-6-12(9-19)20-11/h7,11-12H,1-6,8-9H2,(H2,17,21). The molecule has 0 amide bonds. The first-order valence-electron chi connectivity index (χ1n) is 7.93. The zero-order chi connectivity index (χ0) is 14.4. The van der Waals surface area contributed by atoms with Gasteiger partial charge in [-0.3, -0.25) is 0 Å². The summed E-state index contributed by atoms with van der Waals surface area (Å²) in [7, 11) is 0. The van der Waals surface area contributed by atoms with Crippen molar-refractivity contribution in [3.05, 3.63) is 22.9 Å². The molecule has 2 atom stereocenters. The summed E-state index contributed by atoms with van der Waals surface area (Å²) >= 11 is 5.28. The molecule has 0 saturated carbocycles. The van der Waals surface area contributed by atoms with Gasteiger partial charge in [0.2, 0.25) is 0 Å². The zero-order valence-corrected chi connectivity index (χ0v) is 13.0. The van der Waals surface area contributed by atoms with E-state index in [0.717, 1.165) is 50.2 Å². The van der Waals surface area contributed by atoms with Crippen molar-refractivity contribution < 1.29 is 4.74 Å². The van der Waals surface area contributed by atoms with Crippen molar-refractivity contribution in [1.82, 2.24) is 4.98 Å². The van der Waals surface area contributed by atoms with Crippen molar-refractivity contribution in [2.45, 2.75) is 50.7 Å². The molecule has 1 aromatic rings. The van der Waals surface area contributed by atoms with Crippen molar-refractivity contribution >= 4 is 23.0 Å². The number of nitrogens with two attached hydrogens (primary N) is 1. The van der Waals surface area contributed by atoms with Crippen LogP contribution in [-0.2, 0) is 17.6 Å². The van der Waals surface area contributed by atoms with E-state index in [1.54, 1.807) is 0 Å². The Morgan fingerprint density at radius 3 is 2.67 bits per heavy atom. The van der Waals surface area contributed by atoms with Crippen LogP contribution in [0.4, 0.5) is 5.82 Å². The third kappa shape index (κ3) is 2.42. The highest BCUT2D eigenvalue weighted by Crippen LogP contribution is 2.32. The SMILES string of the molecule is NC(=S)c1cc2c(nc1N1CC3CCC(C1)O3)CCCC2. The molecule has 2 fully saturated rings. The van der Waals surface area contributed by atoms with Crippen LogP contribution in [0, 0.1) is 0 Å². The average Bonchev–Trinajstić information content (AvgIpc) is 2.84. The van der Waals surface area contributed by atoms with Crippen molar-refractivity contribution in [2.75, 3.05) is 18.0 Å². The van der Waals surface area contributed by atoms with Crippen LogP contribution >= 0.6 is 12.2 Å². The zero-order valence-electron chi connectivity index (χ0n) is 12.2. The summed E-state index contributed by atoms with van der Waals surface area (Å²) in [6.45, 7) is 1.83. The fourth-order valence-corrected chi connectivity index (χ4v) is 3.98. The van der Waals surface area contributed by atoms with E-state index >= 15 is 0 Å². The summed E-state index contributed by atoms with van der Waals surface area (Å²) in [5.41, 5.74) is 9.51. The monoisotopic (exact) mass is 303 g/mol. The third-order valence-corrected chi connectivity index (χ3v) is 5.11. The molecular weight excluding hydrogens is 282 g/mol. The molecule has 4 rings (SSSR count). The molecule has 5 heteroatoms. The van der Waals surface area contributed by atoms with Crippen LogP contribution in [0.25, 0.3) is 0 Å². The van der Waals surface area contributed by atoms with E-state index in [0.29, 0.717) is 17.2 Å². The lowest BCUT2D eigenvalue weighted by atomic mass is 9.94. The first-order valence-corrected chi connectivity index (χ1v) is 8.34. The van der Waals surface area contributed by atoms with Crippen LogP contribution in [0.5, 0.6) is 0 Å². The normalized spacial score (nSPS) is 27.5. The molecule has 3 aliphatic rings. The van der Waals surface area contributed by atoms with Gasteiger partial charge in [0.05, 0.1) is 17.8 Å². The highest BCUT2D eigenvalue weighted by molar-refractivity contribution is 7.80. The average molecular weight is 303 g/mol. The van der Waals surface area contributed by atoms with Crippen molar-refractivity contribution in [3.8, 4) is 0 Å². The lowest BCUT2D eigenvalue weighted by Crippen LogP contribution is -2.44. The third-order valence-electron chi connectivity index (χ3n) is 4.89. The Kier molecular flexibility index (Phi) is 3.34. The summed E-state index contributed by atoms with van der Waals surface area (Å²) in [5.74, 6) is 0.989. The molecule has 2 saturated heterocycles. The van der Waals surface area contributed by atoms with Crippen LogP contribution in [0.1, 0.15) is 42.5 Å². The number of fused-ring (bicyclic) bond motifs is 3. The number of rotatable bonds is 2. The van der Waals surface area contributed by atoms with Gasteiger partial charge in [-0.25, -0.2) is 4.98 Å². The van der Waals surface area contributed by atoms with Crippen molar-refractivity contribution in [1.29, 1.82) is 0 Å². The van der Waals surface area contributed by atoms with E-state index in [2.05, 4.69) is 11.0 Å². The first-order chi connectivity index (χ1) is 10.2. The van der Waals surface area contributed by atoms with Gasteiger partial charge in [0.25, 0.3) is 0 Å². The molecule has 1 aliphatic carbocycles. The van der Waals surface area contributed by atoms with E-state index in [4.69, 9.17) is 27.7 Å². The minimum absolute atomic E-state index is 0.348. The fourth-order valence-electron chi connectivity index (χ4n) is 3.83. The van der Waals surface area contributed by atoms with Crippen molar-refractivity contribution in [3.63, 3.8) is 0 Å². The Hall–Kier alpha value is -1.20. The highest BCUT2D eigenvalue weighted by Gasteiger charge is 2.35. The van der Waals surface area contributed by atoms with E-state index in [1.165, 1.54) is 24.1 Å². The van der Waals surface area contributed by atoms with Crippen LogP contribution in [0.15, 0.2) is 6.07 Å². The Labute approximate surface area is 130 Å². The topological polar surface area (TPSA) is 51.4 Å². The number of hydrogen-bond donors (Lipinski definition) is 1. The summed E-state index contributed by atoms with van der Waals surface area (Å²) in [6, 6.07) is 2.19. The molecule has 1 aromatic heterocycles. The lowest BCUT2D eigenvalue weighted by molar-refractivity contribution is 0.0302. The second-order valence-corrected chi connectivity index (χ2v) is 6.84. The quantitative estimate of drug-likeness (QED) is 0.847. The molecule has 3 heterocycles. The Morgan fingerprint density at radius 2 is 1.95 bits per heavy atom. The molecule has 4 nitrogen and oxygen atoms in total. The molecule has 112 valence electrons. The maximum Gasteiger partial charge on any atom is 0.139 e. The Bertz CT molecular complexity index is 577. The number of hydrogen-bond acceptors (Lipinski definition) is 4. The maximum atomic E-state index is 5.97. The second-order valence-electron chi connectivity index (χ2n) is 6.40. The van der Waals surface area contributed by atoms with Crippen LogP contribution < -0.4 is 10.6 Å². The predicted molar refractivity (Wildman–Crippen MR) is 86.9 cm³/mol. The lowest BCUT2D eigenvalue weighted by Gasteiger charge is -2.34. The molecule has 2 N–H and O–H groups in total. The number of aryl methyl sites for hydroxylation is 2. The summed E-state index contributed by atoms with van der Waals surface area (Å²) < 4.78 is 5.93. The number of aromatic nitrogens is 1. The molecule has 21 heavy (non-hydrogen) atoms. The van der Waals surface area contributed by atoms with Gasteiger partial charge in [-0.15, -0.1) is 0 Å². The van der Waals surface area contributed by atoms with E-state index in [1.807, 2.05) is 0 Å². The molecule has 0 radical (unpaired) electrons. The number of pyridine rings is 1. The molecule has 2 aliphatic heterocycles. The summed E-state index contributed by atoms with van der Waals surface area (Å²) in [5, 5.41) is 0. The second kappa shape index (κ2) is 5.21. The van der Waals surface area contributed by atoms with Gasteiger partial charge >= 0.3 is 0 Å².